The fourth-order valence-electron chi connectivity index (χ4n) is 5.95. The summed E-state index contributed by atoms with van der Waals surface area (Å²) in [7, 11) is 0. The molecular weight excluding hydrogens is 468 g/mol. The third-order valence-corrected chi connectivity index (χ3v) is 7.96. The van der Waals surface area contributed by atoms with E-state index in [0.29, 0.717) is 30.6 Å². The Morgan fingerprint density at radius 3 is 1.95 bits per heavy atom. The summed E-state index contributed by atoms with van der Waals surface area (Å²) in [6, 6.07) is 6.19. The third-order valence-electron chi connectivity index (χ3n) is 7.96. The summed E-state index contributed by atoms with van der Waals surface area (Å²) >= 11 is 0. The van der Waals surface area contributed by atoms with Crippen molar-refractivity contribution in [2.45, 2.75) is 77.4 Å². The lowest BCUT2D eigenvalue weighted by molar-refractivity contribution is -0.145. The Labute approximate surface area is 219 Å². The number of ether oxygens (including phenoxy) is 4. The summed E-state index contributed by atoms with van der Waals surface area (Å²) in [5, 5.41) is 2.02. The Bertz CT molecular complexity index is 1200. The van der Waals surface area contributed by atoms with Gasteiger partial charge in [-0.25, -0.2) is 9.59 Å². The maximum Gasteiger partial charge on any atom is 0.330 e. The lowest BCUT2D eigenvalue weighted by Crippen LogP contribution is -2.25. The predicted molar refractivity (Wildman–Crippen MR) is 144 cm³/mol. The molecule has 0 spiro atoms. The Balaban J connectivity index is 1.78. The van der Waals surface area contributed by atoms with Gasteiger partial charge in [0.25, 0.3) is 0 Å². The first kappa shape index (κ1) is 26.8. The van der Waals surface area contributed by atoms with Crippen molar-refractivity contribution in [2.75, 3.05) is 13.2 Å². The molecule has 6 heteroatoms. The molecule has 0 aliphatic heterocycles. The highest BCUT2D eigenvalue weighted by Gasteiger charge is 2.48. The molecule has 5 unspecified atom stereocenters. The van der Waals surface area contributed by atoms with Crippen LogP contribution in [0.3, 0.4) is 0 Å². The average Bonchev–Trinajstić information content (AvgIpc) is 3.41. The largest absolute Gasteiger partial charge is 0.489 e. The molecule has 2 aliphatic rings. The molecule has 2 aromatic rings. The predicted octanol–water partition coefficient (Wildman–Crippen LogP) is 6.53. The van der Waals surface area contributed by atoms with E-state index in [1.807, 2.05) is 19.9 Å². The van der Waals surface area contributed by atoms with E-state index < -0.39 is 11.9 Å². The summed E-state index contributed by atoms with van der Waals surface area (Å²) < 4.78 is 24.1. The molecule has 0 saturated heterocycles. The van der Waals surface area contributed by atoms with Crippen LogP contribution in [0, 0.1) is 12.8 Å². The maximum atomic E-state index is 11.8. The highest BCUT2D eigenvalue weighted by atomic mass is 16.6. The number of benzene rings is 2. The Morgan fingerprint density at radius 2 is 1.43 bits per heavy atom. The van der Waals surface area contributed by atoms with E-state index in [9.17, 15) is 9.59 Å². The standard InChI is InChI=1S/C31H38O6/c1-7-20(36-25(32)9-3)16-34-30-24-13-11-12-18(5)27(24)31(35-17-21(8-2)37-26(33)10-4)29-23-15-14-22(19(23)6)28(29)30/h9-13,19-23H,3-4,7-8,14-17H2,1-2,5-6H3. The molecule has 198 valence electrons. The van der Waals surface area contributed by atoms with Crippen LogP contribution in [0.5, 0.6) is 11.5 Å². The van der Waals surface area contributed by atoms with Crippen LogP contribution < -0.4 is 9.47 Å². The fourth-order valence-corrected chi connectivity index (χ4v) is 5.95. The quantitative estimate of drug-likeness (QED) is 0.241. The van der Waals surface area contributed by atoms with Gasteiger partial charge >= 0.3 is 11.9 Å². The second-order valence-electron chi connectivity index (χ2n) is 10.1. The molecule has 2 aromatic carbocycles. The highest BCUT2D eigenvalue weighted by molar-refractivity contribution is 5.99. The third kappa shape index (κ3) is 5.11. The first-order valence-corrected chi connectivity index (χ1v) is 13.3. The second kappa shape index (κ2) is 11.4. The van der Waals surface area contributed by atoms with Gasteiger partial charge in [-0.15, -0.1) is 0 Å². The Hall–Kier alpha value is -3.28. The molecule has 0 radical (unpaired) electrons. The molecule has 1 fully saturated rings. The zero-order valence-electron chi connectivity index (χ0n) is 22.4. The minimum Gasteiger partial charge on any atom is -0.489 e. The van der Waals surface area contributed by atoms with Crippen LogP contribution >= 0.6 is 0 Å². The Kier molecular flexibility index (Phi) is 8.25. The Morgan fingerprint density at radius 1 is 0.919 bits per heavy atom. The SMILES string of the molecule is C=CC(=O)OC(CC)COc1c2c(c(OCC(CC)OC(=O)C=C)c3c(C)cccc13)C1CCC2C1C. The molecule has 0 N–H and O–H groups in total. The van der Waals surface area contributed by atoms with E-state index in [0.717, 1.165) is 40.7 Å². The summed E-state index contributed by atoms with van der Waals surface area (Å²) in [5.74, 6) is 2.13. The number of fused-ring (bicyclic) bond motifs is 6. The van der Waals surface area contributed by atoms with Crippen molar-refractivity contribution >= 4 is 22.7 Å². The van der Waals surface area contributed by atoms with Gasteiger partial charge in [0.2, 0.25) is 0 Å². The van der Waals surface area contributed by atoms with E-state index in [1.54, 1.807) is 0 Å². The maximum absolute atomic E-state index is 11.8. The minimum absolute atomic E-state index is 0.271. The van der Waals surface area contributed by atoms with Crippen molar-refractivity contribution in [1.82, 2.24) is 0 Å². The number of carbonyl (C=O) groups is 2. The monoisotopic (exact) mass is 506 g/mol. The van der Waals surface area contributed by atoms with Gasteiger partial charge in [0, 0.05) is 34.1 Å². The first-order valence-electron chi connectivity index (χ1n) is 13.3. The zero-order valence-corrected chi connectivity index (χ0v) is 22.4. The van der Waals surface area contributed by atoms with Crippen molar-refractivity contribution in [3.63, 3.8) is 0 Å². The number of rotatable bonds is 12. The molecule has 0 aromatic heterocycles. The number of esters is 2. The lowest BCUT2D eigenvalue weighted by Gasteiger charge is -2.27. The van der Waals surface area contributed by atoms with Crippen LogP contribution in [0.2, 0.25) is 0 Å². The molecule has 0 amide bonds. The van der Waals surface area contributed by atoms with Crippen molar-refractivity contribution in [1.29, 1.82) is 0 Å². The first-order chi connectivity index (χ1) is 17.8. The van der Waals surface area contributed by atoms with Crippen molar-refractivity contribution in [2.24, 2.45) is 5.92 Å². The average molecular weight is 507 g/mol. The highest BCUT2D eigenvalue weighted by Crippen LogP contribution is 2.64. The van der Waals surface area contributed by atoms with Gasteiger partial charge < -0.3 is 18.9 Å². The molecule has 2 bridgehead atoms. The van der Waals surface area contributed by atoms with Crippen LogP contribution in [-0.2, 0) is 19.1 Å². The van der Waals surface area contributed by atoms with Crippen LogP contribution in [0.15, 0.2) is 43.5 Å². The summed E-state index contributed by atoms with van der Waals surface area (Å²) in [6.07, 6.45) is 5.15. The molecular formula is C31H38O6. The van der Waals surface area contributed by atoms with Crippen molar-refractivity contribution < 1.29 is 28.5 Å². The van der Waals surface area contributed by atoms with Crippen molar-refractivity contribution in [3.05, 3.63) is 60.2 Å². The topological polar surface area (TPSA) is 71.1 Å². The summed E-state index contributed by atoms with van der Waals surface area (Å²) in [5.41, 5.74) is 3.54. The zero-order chi connectivity index (χ0) is 26.7. The second-order valence-corrected chi connectivity index (χ2v) is 10.1. The molecule has 6 nitrogen and oxygen atoms in total. The van der Waals surface area contributed by atoms with E-state index in [-0.39, 0.29) is 25.4 Å². The molecule has 2 aliphatic carbocycles. The van der Waals surface area contributed by atoms with E-state index >= 15 is 0 Å². The molecule has 1 saturated carbocycles. The van der Waals surface area contributed by atoms with Gasteiger partial charge in [-0.3, -0.25) is 0 Å². The summed E-state index contributed by atoms with van der Waals surface area (Å²) in [6.45, 7) is 15.9. The van der Waals surface area contributed by atoms with E-state index in [1.165, 1.54) is 23.3 Å². The normalized spacial score (nSPS) is 21.1. The van der Waals surface area contributed by atoms with E-state index in [4.69, 9.17) is 18.9 Å². The van der Waals surface area contributed by atoms with Crippen LogP contribution in [0.25, 0.3) is 10.8 Å². The molecule has 5 atom stereocenters. The van der Waals surface area contributed by atoms with Gasteiger partial charge in [0.05, 0.1) is 0 Å². The van der Waals surface area contributed by atoms with Gasteiger partial charge in [0.1, 0.15) is 36.9 Å². The van der Waals surface area contributed by atoms with Gasteiger partial charge in [-0.1, -0.05) is 52.1 Å². The summed E-state index contributed by atoms with van der Waals surface area (Å²) in [4.78, 5) is 23.6. The number of carbonyl (C=O) groups excluding carboxylic acids is 2. The van der Waals surface area contributed by atoms with Gasteiger partial charge in [-0.05, 0) is 55.9 Å². The number of hydrogen-bond donors (Lipinski definition) is 0. The number of hydrogen-bond acceptors (Lipinski definition) is 6. The van der Waals surface area contributed by atoms with Crippen molar-refractivity contribution in [3.8, 4) is 11.5 Å². The minimum atomic E-state index is -0.444. The smallest absolute Gasteiger partial charge is 0.330 e. The fraction of sp³-hybridized carbons (Fsp3) is 0.484. The van der Waals surface area contributed by atoms with Gasteiger partial charge in [-0.2, -0.15) is 0 Å². The lowest BCUT2D eigenvalue weighted by atomic mass is 9.86. The van der Waals surface area contributed by atoms with Crippen LogP contribution in [0.1, 0.15) is 75.0 Å². The molecule has 37 heavy (non-hydrogen) atoms. The van der Waals surface area contributed by atoms with Crippen LogP contribution in [0.4, 0.5) is 0 Å². The van der Waals surface area contributed by atoms with Crippen LogP contribution in [-0.4, -0.2) is 37.4 Å². The molecule has 4 rings (SSSR count). The molecule has 0 heterocycles. The van der Waals surface area contributed by atoms with E-state index in [2.05, 4.69) is 39.1 Å². The van der Waals surface area contributed by atoms with Gasteiger partial charge in [0.15, 0.2) is 0 Å². The number of aryl methyl sites for hydroxylation is 1.